The van der Waals surface area contributed by atoms with Crippen molar-refractivity contribution in [2.24, 2.45) is 5.41 Å². The molecule has 0 saturated carbocycles. The van der Waals surface area contributed by atoms with Gasteiger partial charge < -0.3 is 14.7 Å². The summed E-state index contributed by atoms with van der Waals surface area (Å²) in [6.07, 6.45) is 5.65. The minimum Gasteiger partial charge on any atom is -0.476 e. The van der Waals surface area contributed by atoms with Gasteiger partial charge in [0.1, 0.15) is 12.0 Å². The van der Waals surface area contributed by atoms with Crippen LogP contribution in [0.2, 0.25) is 0 Å². The third-order valence-corrected chi connectivity index (χ3v) is 8.98. The zero-order valence-electron chi connectivity index (χ0n) is 19.6. The number of unbranched alkanes of at least 4 members (excludes halogenated alkanes) is 1. The van der Waals surface area contributed by atoms with Crippen LogP contribution in [0.1, 0.15) is 39.5 Å². The first-order chi connectivity index (χ1) is 16.2. The molecule has 0 aliphatic carbocycles. The Labute approximate surface area is 204 Å². The van der Waals surface area contributed by atoms with Crippen molar-refractivity contribution in [1.29, 1.82) is 0 Å². The van der Waals surface area contributed by atoms with E-state index in [0.717, 1.165) is 24.9 Å². The van der Waals surface area contributed by atoms with Crippen molar-refractivity contribution in [1.82, 2.24) is 0 Å². The Morgan fingerprint density at radius 2 is 1.97 bits per heavy atom. The van der Waals surface area contributed by atoms with E-state index in [-0.39, 0.29) is 16.4 Å². The van der Waals surface area contributed by atoms with Crippen LogP contribution in [-0.2, 0) is 14.6 Å². The highest BCUT2D eigenvalue weighted by Crippen LogP contribution is 2.47. The largest absolute Gasteiger partial charge is 0.476 e. The number of anilines is 2. The van der Waals surface area contributed by atoms with Crippen LogP contribution in [0, 0.1) is 5.41 Å². The first kappa shape index (κ1) is 26.1. The van der Waals surface area contributed by atoms with Crippen LogP contribution >= 0.6 is 11.8 Å². The number of nitrogens with zero attached hydrogens (tertiary/aromatic N) is 1. The van der Waals surface area contributed by atoms with Crippen LogP contribution in [0.5, 0.6) is 5.75 Å². The van der Waals surface area contributed by atoms with Crippen molar-refractivity contribution in [3.63, 3.8) is 0 Å². The van der Waals surface area contributed by atoms with E-state index >= 15 is 0 Å². The third-order valence-electron chi connectivity index (χ3n) is 6.23. The molecule has 0 fully saturated rings. The molecule has 184 valence electrons. The molecule has 34 heavy (non-hydrogen) atoms. The van der Waals surface area contributed by atoms with Gasteiger partial charge in [-0.05, 0) is 37.3 Å². The van der Waals surface area contributed by atoms with Gasteiger partial charge in [-0.25, -0.2) is 13.2 Å². The molecule has 0 spiro atoms. The molecule has 3 rings (SSSR count). The number of benzene rings is 2. The molecule has 1 aliphatic heterocycles. The van der Waals surface area contributed by atoms with E-state index in [1.165, 1.54) is 17.8 Å². The minimum atomic E-state index is -3.73. The number of aliphatic carboxylic acids is 1. The maximum Gasteiger partial charge on any atom is 0.368 e. The molecule has 2 aromatic carbocycles. The number of carbonyl (C=O) groups is 1. The summed E-state index contributed by atoms with van der Waals surface area (Å²) in [6.45, 7) is 4.67. The Morgan fingerprint density at radius 1 is 1.26 bits per heavy atom. The fourth-order valence-corrected chi connectivity index (χ4v) is 7.00. The molecular formula is C25H30FNO5S2. The molecule has 0 bridgehead atoms. The van der Waals surface area contributed by atoms with Crippen molar-refractivity contribution in [3.8, 4) is 5.75 Å². The van der Waals surface area contributed by atoms with Crippen LogP contribution in [0.25, 0.3) is 0 Å². The second-order valence-corrected chi connectivity index (χ2v) is 11.3. The number of thioether (sulfide) groups is 1. The number of para-hydroxylation sites is 1. The fraction of sp³-hybridized carbons (Fsp3) is 0.400. The average molecular weight is 508 g/mol. The van der Waals surface area contributed by atoms with Gasteiger partial charge in [0, 0.05) is 23.7 Å². The number of carboxylic acids is 1. The first-order valence-corrected chi connectivity index (χ1v) is 14.1. The van der Waals surface area contributed by atoms with Gasteiger partial charge in [-0.1, -0.05) is 44.9 Å². The molecule has 1 atom stereocenters. The monoisotopic (exact) mass is 507 g/mol. The van der Waals surface area contributed by atoms with E-state index in [2.05, 4.69) is 11.8 Å². The Bertz CT molecular complexity index is 1170. The standard InChI is InChI=1S/C25H30FNO5S2/c1-4-6-12-25(5-2)16-27(18-10-8-7-9-11-18)20-13-22(33-3)21(32-15-19(26)24(28)29)14-23(20)34(30,31)17-25/h7-11,13-15H,4-6,12,16-17H2,1-3H3,(H,28,29). The highest BCUT2D eigenvalue weighted by Gasteiger charge is 2.41. The normalized spacial score (nSPS) is 19.9. The smallest absolute Gasteiger partial charge is 0.368 e. The Balaban J connectivity index is 2.23. The number of carboxylic acid groups (broad SMARTS) is 1. The summed E-state index contributed by atoms with van der Waals surface area (Å²) in [5.74, 6) is -3.14. The predicted octanol–water partition coefficient (Wildman–Crippen LogP) is 6.19. The topological polar surface area (TPSA) is 83.9 Å². The molecule has 0 radical (unpaired) electrons. The Kier molecular flexibility index (Phi) is 8.30. The van der Waals surface area contributed by atoms with Crippen molar-refractivity contribution in [3.05, 3.63) is 54.6 Å². The van der Waals surface area contributed by atoms with E-state index in [9.17, 15) is 17.6 Å². The Morgan fingerprint density at radius 3 is 2.56 bits per heavy atom. The predicted molar refractivity (Wildman–Crippen MR) is 133 cm³/mol. The molecule has 6 nitrogen and oxygen atoms in total. The van der Waals surface area contributed by atoms with Gasteiger partial charge in [-0.15, -0.1) is 11.8 Å². The molecule has 1 N–H and O–H groups in total. The van der Waals surface area contributed by atoms with Crippen LogP contribution in [0.3, 0.4) is 0 Å². The lowest BCUT2D eigenvalue weighted by atomic mass is 9.81. The second kappa shape index (κ2) is 10.8. The number of hydrogen-bond donors (Lipinski definition) is 1. The highest BCUT2D eigenvalue weighted by atomic mass is 32.2. The van der Waals surface area contributed by atoms with Gasteiger partial charge in [-0.2, -0.15) is 4.39 Å². The zero-order chi connectivity index (χ0) is 24.9. The van der Waals surface area contributed by atoms with E-state index in [0.29, 0.717) is 29.8 Å². The van der Waals surface area contributed by atoms with Gasteiger partial charge >= 0.3 is 5.97 Å². The Hall–Kier alpha value is -2.52. The van der Waals surface area contributed by atoms with Crippen molar-refractivity contribution in [2.75, 3.05) is 23.5 Å². The van der Waals surface area contributed by atoms with Crippen molar-refractivity contribution in [2.45, 2.75) is 49.3 Å². The van der Waals surface area contributed by atoms with Crippen molar-refractivity contribution < 1.29 is 27.4 Å². The molecule has 1 heterocycles. The lowest BCUT2D eigenvalue weighted by Crippen LogP contribution is -2.37. The second-order valence-electron chi connectivity index (χ2n) is 8.50. The van der Waals surface area contributed by atoms with Gasteiger partial charge in [0.05, 0.1) is 21.2 Å². The van der Waals surface area contributed by atoms with E-state index < -0.39 is 27.0 Å². The van der Waals surface area contributed by atoms with E-state index in [1.54, 1.807) is 12.3 Å². The quantitative estimate of drug-likeness (QED) is 0.246. The van der Waals surface area contributed by atoms with Crippen molar-refractivity contribution >= 4 is 38.9 Å². The zero-order valence-corrected chi connectivity index (χ0v) is 21.2. The van der Waals surface area contributed by atoms with Gasteiger partial charge in [0.25, 0.3) is 0 Å². The molecule has 9 heteroatoms. The average Bonchev–Trinajstić information content (AvgIpc) is 2.93. The molecule has 0 saturated heterocycles. The summed E-state index contributed by atoms with van der Waals surface area (Å²) in [5, 5.41) is 8.78. The molecule has 0 aromatic heterocycles. The lowest BCUT2D eigenvalue weighted by Gasteiger charge is -2.36. The third kappa shape index (κ3) is 5.58. The summed E-state index contributed by atoms with van der Waals surface area (Å²) in [6, 6.07) is 12.8. The lowest BCUT2D eigenvalue weighted by molar-refractivity contribution is -0.134. The number of hydrogen-bond acceptors (Lipinski definition) is 6. The maximum atomic E-state index is 13.7. The summed E-state index contributed by atoms with van der Waals surface area (Å²) < 4.78 is 46.3. The van der Waals surface area contributed by atoms with E-state index in [1.807, 2.05) is 37.3 Å². The summed E-state index contributed by atoms with van der Waals surface area (Å²) in [5.41, 5.74) is 0.977. The van der Waals surface area contributed by atoms with E-state index in [4.69, 9.17) is 9.84 Å². The summed E-state index contributed by atoms with van der Waals surface area (Å²) in [4.78, 5) is 13.5. The molecule has 1 aliphatic rings. The minimum absolute atomic E-state index is 0.00971. The number of ether oxygens (including phenoxy) is 1. The molecule has 1 unspecified atom stereocenters. The SMILES string of the molecule is CCCCC1(CC)CN(c2ccccc2)c2cc(SC)c(OC=C(F)C(=O)O)cc2S(=O)(=O)C1. The number of sulfone groups is 1. The molecule has 0 amide bonds. The maximum absolute atomic E-state index is 13.7. The van der Waals surface area contributed by atoms with Crippen LogP contribution in [0.15, 0.2) is 64.3 Å². The van der Waals surface area contributed by atoms with Gasteiger partial charge in [0.15, 0.2) is 9.84 Å². The number of halogens is 1. The fourth-order valence-electron chi connectivity index (χ4n) is 4.29. The van der Waals surface area contributed by atoms with Crippen LogP contribution < -0.4 is 9.64 Å². The van der Waals surface area contributed by atoms with Crippen LogP contribution in [0.4, 0.5) is 15.8 Å². The van der Waals surface area contributed by atoms with Gasteiger partial charge in [0.2, 0.25) is 5.83 Å². The number of rotatable bonds is 9. The molecular weight excluding hydrogens is 477 g/mol. The highest BCUT2D eigenvalue weighted by molar-refractivity contribution is 7.98. The van der Waals surface area contributed by atoms with Crippen LogP contribution in [-0.4, -0.2) is 38.0 Å². The summed E-state index contributed by atoms with van der Waals surface area (Å²) >= 11 is 1.31. The first-order valence-electron chi connectivity index (χ1n) is 11.2. The van der Waals surface area contributed by atoms with Gasteiger partial charge in [-0.3, -0.25) is 0 Å². The summed E-state index contributed by atoms with van der Waals surface area (Å²) in [7, 11) is -3.73. The molecule has 2 aromatic rings. The number of fused-ring (bicyclic) bond motifs is 1.